The lowest BCUT2D eigenvalue weighted by molar-refractivity contribution is 0.414. The molecule has 0 saturated carbocycles. The van der Waals surface area contributed by atoms with Gasteiger partial charge in [-0.1, -0.05) is 0 Å². The highest BCUT2D eigenvalue weighted by atomic mass is 32.2. The van der Waals surface area contributed by atoms with Crippen LogP contribution in [0.1, 0.15) is 31.9 Å². The Labute approximate surface area is 106 Å². The van der Waals surface area contributed by atoms with Crippen LogP contribution in [0.3, 0.4) is 0 Å². The van der Waals surface area contributed by atoms with Crippen LogP contribution in [0.15, 0.2) is 22.6 Å². The Kier molecular flexibility index (Phi) is 4.46. The van der Waals surface area contributed by atoms with Gasteiger partial charge in [0.15, 0.2) is 0 Å². The summed E-state index contributed by atoms with van der Waals surface area (Å²) < 4.78 is 20.7. The fourth-order valence-corrected chi connectivity index (χ4v) is 1.71. The van der Waals surface area contributed by atoms with Crippen molar-refractivity contribution >= 4 is 17.2 Å². The van der Waals surface area contributed by atoms with E-state index in [1.165, 1.54) is 0 Å². The third-order valence-electron chi connectivity index (χ3n) is 2.29. The Morgan fingerprint density at radius 2 is 2.00 bits per heavy atom. The first-order valence-corrected chi connectivity index (χ1v) is 6.56. The molecular formula is C13H19NO2S. The number of benzene rings is 1. The van der Waals surface area contributed by atoms with Crippen LogP contribution in [0.25, 0.3) is 0 Å². The Hall–Kier alpha value is -1.16. The standard InChI is InChI=1S/C13H19NO2S/c1-10-8-12(16-5)7-6-11(10)9-14-17(15)13(2,3)4/h6-9H,1-5H3/b14-9+/t17-/m1/s1. The van der Waals surface area contributed by atoms with Gasteiger partial charge in [-0.15, -0.1) is 0 Å². The fraction of sp³-hybridized carbons (Fsp3) is 0.462. The minimum absolute atomic E-state index is 0.323. The summed E-state index contributed by atoms with van der Waals surface area (Å²) >= 11 is 0. The van der Waals surface area contributed by atoms with Gasteiger partial charge < -0.3 is 4.74 Å². The number of methoxy groups -OCH3 is 1. The highest BCUT2D eigenvalue weighted by Crippen LogP contribution is 2.16. The Morgan fingerprint density at radius 1 is 1.35 bits per heavy atom. The molecule has 0 saturated heterocycles. The first-order valence-electron chi connectivity index (χ1n) is 5.45. The van der Waals surface area contributed by atoms with Crippen molar-refractivity contribution in [3.63, 3.8) is 0 Å². The number of aryl methyl sites for hydroxylation is 1. The van der Waals surface area contributed by atoms with Gasteiger partial charge >= 0.3 is 0 Å². The summed E-state index contributed by atoms with van der Waals surface area (Å²) in [5.41, 5.74) is 2.02. The molecule has 1 rings (SSSR count). The zero-order chi connectivity index (χ0) is 13.1. The molecule has 0 unspecified atom stereocenters. The van der Waals surface area contributed by atoms with E-state index >= 15 is 0 Å². The molecule has 0 N–H and O–H groups in total. The number of hydrogen-bond donors (Lipinski definition) is 0. The van der Waals surface area contributed by atoms with Crippen LogP contribution in [0, 0.1) is 6.92 Å². The van der Waals surface area contributed by atoms with Gasteiger partial charge in [0.2, 0.25) is 0 Å². The van der Waals surface area contributed by atoms with Gasteiger partial charge in [0.25, 0.3) is 0 Å². The fourth-order valence-electron chi connectivity index (χ4n) is 1.18. The number of ether oxygens (including phenoxy) is 1. The second-order valence-electron chi connectivity index (χ2n) is 4.82. The summed E-state index contributed by atoms with van der Waals surface area (Å²) in [7, 11) is 0.421. The molecule has 0 aliphatic heterocycles. The van der Waals surface area contributed by atoms with Gasteiger partial charge in [-0.05, 0) is 57.0 Å². The van der Waals surface area contributed by atoms with Crippen LogP contribution in [-0.2, 0) is 11.0 Å². The molecule has 0 spiro atoms. The SMILES string of the molecule is COc1ccc(/C=N/[S@](=O)C(C)(C)C)c(C)c1. The second-order valence-corrected chi connectivity index (χ2v) is 6.75. The van der Waals surface area contributed by atoms with Crippen LogP contribution < -0.4 is 4.74 Å². The van der Waals surface area contributed by atoms with E-state index in [-0.39, 0.29) is 4.75 Å². The molecule has 1 aromatic carbocycles. The summed E-state index contributed by atoms with van der Waals surface area (Å²) in [6, 6.07) is 5.72. The average Bonchev–Trinajstić information content (AvgIpc) is 2.25. The molecule has 0 aromatic heterocycles. The van der Waals surface area contributed by atoms with Gasteiger partial charge in [-0.2, -0.15) is 4.40 Å². The summed E-state index contributed by atoms with van der Waals surface area (Å²) in [6.07, 6.45) is 1.66. The molecule has 0 aliphatic rings. The number of nitrogens with zero attached hydrogens (tertiary/aromatic N) is 1. The van der Waals surface area contributed by atoms with Crippen molar-refractivity contribution in [2.24, 2.45) is 4.40 Å². The lowest BCUT2D eigenvalue weighted by atomic mass is 10.1. The van der Waals surface area contributed by atoms with Crippen molar-refractivity contribution < 1.29 is 8.95 Å². The predicted octanol–water partition coefficient (Wildman–Crippen LogP) is 2.88. The Balaban J connectivity index is 2.89. The molecule has 94 valence electrons. The van der Waals surface area contributed by atoms with Gasteiger partial charge in [0.05, 0.1) is 11.9 Å². The van der Waals surface area contributed by atoms with Crippen molar-refractivity contribution in [1.29, 1.82) is 0 Å². The molecule has 0 radical (unpaired) electrons. The van der Waals surface area contributed by atoms with Crippen molar-refractivity contribution in [3.8, 4) is 5.75 Å². The van der Waals surface area contributed by atoms with Crippen molar-refractivity contribution in [3.05, 3.63) is 29.3 Å². The zero-order valence-electron chi connectivity index (χ0n) is 11.0. The van der Waals surface area contributed by atoms with E-state index in [1.807, 2.05) is 45.9 Å². The molecule has 0 heterocycles. The second kappa shape index (κ2) is 5.45. The topological polar surface area (TPSA) is 38.7 Å². The lowest BCUT2D eigenvalue weighted by Gasteiger charge is -2.12. The van der Waals surface area contributed by atoms with E-state index in [1.54, 1.807) is 13.3 Å². The monoisotopic (exact) mass is 253 g/mol. The largest absolute Gasteiger partial charge is 0.497 e. The minimum atomic E-state index is -1.22. The molecule has 0 fully saturated rings. The summed E-state index contributed by atoms with van der Waals surface area (Å²) in [4.78, 5) is 0. The molecule has 0 aliphatic carbocycles. The maximum absolute atomic E-state index is 11.8. The summed E-state index contributed by atoms with van der Waals surface area (Å²) in [6.45, 7) is 7.69. The third-order valence-corrected chi connectivity index (χ3v) is 3.63. The molecule has 1 aromatic rings. The maximum atomic E-state index is 11.8. The van der Waals surface area contributed by atoms with E-state index < -0.39 is 11.0 Å². The van der Waals surface area contributed by atoms with E-state index in [0.29, 0.717) is 0 Å². The highest BCUT2D eigenvalue weighted by Gasteiger charge is 2.18. The van der Waals surface area contributed by atoms with Gasteiger partial charge in [0, 0.05) is 6.21 Å². The smallest absolute Gasteiger partial charge is 0.144 e. The van der Waals surface area contributed by atoms with Crippen LogP contribution in [0.2, 0.25) is 0 Å². The molecule has 4 heteroatoms. The van der Waals surface area contributed by atoms with E-state index in [9.17, 15) is 4.21 Å². The number of hydrogen-bond acceptors (Lipinski definition) is 2. The molecule has 0 bridgehead atoms. The predicted molar refractivity (Wildman–Crippen MR) is 73.2 cm³/mol. The summed E-state index contributed by atoms with van der Waals surface area (Å²) in [5.74, 6) is 0.816. The van der Waals surface area contributed by atoms with Crippen LogP contribution >= 0.6 is 0 Å². The van der Waals surface area contributed by atoms with Crippen LogP contribution in [-0.4, -0.2) is 22.3 Å². The molecule has 3 nitrogen and oxygen atoms in total. The quantitative estimate of drug-likeness (QED) is 0.777. The van der Waals surface area contributed by atoms with E-state index in [0.717, 1.165) is 16.9 Å². The van der Waals surface area contributed by atoms with Gasteiger partial charge in [0.1, 0.15) is 16.7 Å². The highest BCUT2D eigenvalue weighted by molar-refractivity contribution is 7.85. The van der Waals surface area contributed by atoms with E-state index in [4.69, 9.17) is 4.74 Å². The van der Waals surface area contributed by atoms with Crippen LogP contribution in [0.5, 0.6) is 5.75 Å². The van der Waals surface area contributed by atoms with Gasteiger partial charge in [-0.25, -0.2) is 4.21 Å². The first-order chi connectivity index (χ1) is 7.84. The van der Waals surface area contributed by atoms with Crippen molar-refractivity contribution in [2.45, 2.75) is 32.4 Å². The Morgan fingerprint density at radius 3 is 2.47 bits per heavy atom. The average molecular weight is 253 g/mol. The third kappa shape index (κ3) is 3.97. The molecule has 1 atom stereocenters. The maximum Gasteiger partial charge on any atom is 0.144 e. The Bertz CT molecular complexity index is 447. The van der Waals surface area contributed by atoms with Gasteiger partial charge in [-0.3, -0.25) is 0 Å². The number of rotatable bonds is 3. The summed E-state index contributed by atoms with van der Waals surface area (Å²) in [5, 5.41) is 0. The van der Waals surface area contributed by atoms with Crippen molar-refractivity contribution in [2.75, 3.05) is 7.11 Å². The molecule has 0 amide bonds. The lowest BCUT2D eigenvalue weighted by Crippen LogP contribution is -2.19. The van der Waals surface area contributed by atoms with E-state index in [2.05, 4.69) is 4.40 Å². The minimum Gasteiger partial charge on any atom is -0.497 e. The van der Waals surface area contributed by atoms with Crippen LogP contribution in [0.4, 0.5) is 0 Å². The first kappa shape index (κ1) is 13.9. The molecule has 17 heavy (non-hydrogen) atoms. The molecular weight excluding hydrogens is 234 g/mol. The normalized spacial score (nSPS) is 13.9. The zero-order valence-corrected chi connectivity index (χ0v) is 11.8. The van der Waals surface area contributed by atoms with Crippen molar-refractivity contribution in [1.82, 2.24) is 0 Å².